The van der Waals surface area contributed by atoms with Crippen LogP contribution in [0.4, 0.5) is 38.0 Å². The molecule has 0 amide bonds. The SMILES string of the molecule is C#Cc1c(F)ccc2cc(O)cc(-c3ncc4c(N5CC6CCC(C5)N6)nc(OCC5CC(F)(F)CN5C)c(C)c4c3F)c12.C#Cc1c(F)ccc2cc(O)cc(-c3ncc4c(N5CC6CCC(C5)N6)nc(OCC5CCCN5C)c(C)c4c3F)c12. The number of phenolic OH excluding ortho intramolecular Hbond substituents is 2. The molecule has 6 unspecified atom stereocenters. The molecule has 0 saturated carbocycles. The molecule has 6 aliphatic heterocycles. The minimum Gasteiger partial charge on any atom is -0.508 e. The number of terminal acetylenes is 2. The fourth-order valence-electron chi connectivity index (χ4n) is 14.1. The zero-order valence-corrected chi connectivity index (χ0v) is 48.1. The van der Waals surface area contributed by atoms with Crippen LogP contribution in [0.15, 0.2) is 60.9 Å². The van der Waals surface area contributed by atoms with E-state index >= 15 is 8.78 Å². The standard InChI is InChI=1S/C33H31F4N5O2.C33H33F2N5O2/c1-4-23-26(34)8-5-18-9-22(43)10-24(28(18)23)30-29(35)27-17(2)32(44-15-21-11-33(36,37)16-41(21)3)40-31(25(27)12-38-30)42-13-19-6-7-20(14-42)39-19;1-4-24-27(34)10-7-19-12-23(41)13-25(29(19)24)31-30(35)28-18(2)33(42-17-22-6-5-11-39(22)3)38-32(26(28)14-36-31)40-15-20-8-9-21(16-40)37-20/h1,5,8-10,12,19-21,39,43H,6-7,11,13-16H2,2-3H3;1,7,10,12-14,20-22,37,41H,5-6,8-9,11,15-17H2,2-3H3. The number of fused-ring (bicyclic) bond motifs is 8. The summed E-state index contributed by atoms with van der Waals surface area (Å²) >= 11 is 0. The van der Waals surface area contributed by atoms with Crippen molar-refractivity contribution in [2.45, 2.75) is 101 Å². The van der Waals surface area contributed by atoms with Crippen LogP contribution in [-0.2, 0) is 0 Å². The number of likely N-dealkylation sites (tertiary alicyclic amines) is 2. The molecule has 86 heavy (non-hydrogen) atoms. The van der Waals surface area contributed by atoms with Crippen molar-refractivity contribution in [1.82, 2.24) is 40.4 Å². The van der Waals surface area contributed by atoms with Gasteiger partial charge in [0.05, 0.1) is 17.7 Å². The Balaban J connectivity index is 0.000000160. The van der Waals surface area contributed by atoms with Gasteiger partial charge in [0.1, 0.15) is 59.4 Å². The van der Waals surface area contributed by atoms with Crippen LogP contribution < -0.4 is 29.9 Å². The van der Waals surface area contributed by atoms with Gasteiger partial charge in [-0.25, -0.2) is 26.3 Å². The quantitative estimate of drug-likeness (QED) is 0.0761. The van der Waals surface area contributed by atoms with Crippen LogP contribution >= 0.6 is 0 Å². The number of aryl methyl sites for hydroxylation is 2. The highest BCUT2D eigenvalue weighted by Crippen LogP contribution is 2.45. The van der Waals surface area contributed by atoms with E-state index < -0.39 is 35.2 Å². The first-order valence-electron chi connectivity index (χ1n) is 29.2. The molecular weight excluding hydrogens is 1110 g/mol. The monoisotopic (exact) mass is 1170 g/mol. The summed E-state index contributed by atoms with van der Waals surface area (Å²) in [6, 6.07) is 12.0. The summed E-state index contributed by atoms with van der Waals surface area (Å²) in [7, 11) is 3.72. The number of ether oxygens (including phenoxy) is 2. The molecule has 0 spiro atoms. The summed E-state index contributed by atoms with van der Waals surface area (Å²) in [4.78, 5) is 27.0. The molecule has 6 saturated heterocycles. The number of halogens is 6. The number of hydrogen-bond acceptors (Lipinski definition) is 14. The molecule has 6 atom stereocenters. The van der Waals surface area contributed by atoms with E-state index in [0.717, 1.165) is 58.2 Å². The molecule has 8 aromatic rings. The van der Waals surface area contributed by atoms with Gasteiger partial charge in [0.2, 0.25) is 11.8 Å². The van der Waals surface area contributed by atoms with E-state index in [0.29, 0.717) is 92.7 Å². The maximum Gasteiger partial charge on any atom is 0.262 e. The largest absolute Gasteiger partial charge is 0.508 e. The number of anilines is 2. The van der Waals surface area contributed by atoms with Gasteiger partial charge < -0.3 is 45.0 Å². The van der Waals surface area contributed by atoms with Gasteiger partial charge in [0.15, 0.2) is 11.6 Å². The van der Waals surface area contributed by atoms with Crippen molar-refractivity contribution >= 4 is 54.7 Å². The predicted octanol–water partition coefficient (Wildman–Crippen LogP) is 10.5. The molecule has 4 N–H and O–H groups in total. The first-order valence-corrected chi connectivity index (χ1v) is 29.2. The first kappa shape index (κ1) is 57.0. The number of likely N-dealkylation sites (N-methyl/N-ethyl adjacent to an activating group) is 2. The number of piperazine rings is 2. The topological polar surface area (TPSA) is 148 Å². The second kappa shape index (κ2) is 22.3. The Labute approximate surface area is 493 Å². The smallest absolute Gasteiger partial charge is 0.262 e. The lowest BCUT2D eigenvalue weighted by molar-refractivity contribution is 0.0137. The Hall–Kier alpha value is -8.14. The molecule has 14 nitrogen and oxygen atoms in total. The van der Waals surface area contributed by atoms with Crippen LogP contribution in [0.25, 0.3) is 65.6 Å². The number of nitrogens with zero attached hydrogens (tertiary/aromatic N) is 8. The van der Waals surface area contributed by atoms with E-state index in [2.05, 4.69) is 54.2 Å². The van der Waals surface area contributed by atoms with Gasteiger partial charge in [0, 0.05) is 136 Å². The molecule has 20 heteroatoms. The Morgan fingerprint density at radius 1 is 0.616 bits per heavy atom. The number of rotatable bonds is 10. The van der Waals surface area contributed by atoms with Crippen LogP contribution in [-0.4, -0.2) is 149 Å². The van der Waals surface area contributed by atoms with Crippen molar-refractivity contribution in [1.29, 1.82) is 0 Å². The zero-order chi connectivity index (χ0) is 60.0. The van der Waals surface area contributed by atoms with Crippen molar-refractivity contribution in [3.05, 3.63) is 106 Å². The van der Waals surface area contributed by atoms with Gasteiger partial charge >= 0.3 is 0 Å². The van der Waals surface area contributed by atoms with Gasteiger partial charge in [-0.05, 0) is 120 Å². The van der Waals surface area contributed by atoms with E-state index in [1.165, 1.54) is 54.7 Å². The molecule has 14 rings (SSSR count). The highest BCUT2D eigenvalue weighted by molar-refractivity contribution is 6.06. The van der Waals surface area contributed by atoms with Crippen molar-refractivity contribution in [3.63, 3.8) is 0 Å². The maximum atomic E-state index is 16.9. The highest BCUT2D eigenvalue weighted by Gasteiger charge is 2.44. The number of pyridine rings is 4. The Morgan fingerprint density at radius 3 is 1.45 bits per heavy atom. The number of phenols is 2. The lowest BCUT2D eigenvalue weighted by Gasteiger charge is -2.34. The maximum absolute atomic E-state index is 16.9. The molecule has 4 aromatic carbocycles. The summed E-state index contributed by atoms with van der Waals surface area (Å²) in [5, 5.41) is 31.4. The number of aromatic hydroxyl groups is 2. The van der Waals surface area contributed by atoms with E-state index in [4.69, 9.17) is 32.3 Å². The minimum absolute atomic E-state index is 0.00284. The number of alkyl halides is 2. The van der Waals surface area contributed by atoms with E-state index in [1.807, 2.05) is 6.92 Å². The number of benzene rings is 4. The average Bonchev–Trinajstić information content (AvgIpc) is 1.22. The molecule has 10 heterocycles. The van der Waals surface area contributed by atoms with Gasteiger partial charge in [-0.3, -0.25) is 14.9 Å². The van der Waals surface area contributed by atoms with Crippen molar-refractivity contribution < 1.29 is 46.0 Å². The molecular formula is C66H64F6N10O4. The van der Waals surface area contributed by atoms with Gasteiger partial charge in [-0.1, -0.05) is 24.0 Å². The zero-order valence-electron chi connectivity index (χ0n) is 48.1. The average molecular weight is 1180 g/mol. The Bertz CT molecular complexity index is 4130. The summed E-state index contributed by atoms with van der Waals surface area (Å²) in [5.41, 5.74) is 1.10. The minimum atomic E-state index is -2.81. The molecule has 6 fully saturated rings. The second-order valence-electron chi connectivity index (χ2n) is 24.1. The fraction of sp³-hybridized carbons (Fsp3) is 0.394. The normalized spacial score (nSPS) is 22.7. The number of aromatic nitrogens is 4. The summed E-state index contributed by atoms with van der Waals surface area (Å²) < 4.78 is 104. The lowest BCUT2D eigenvalue weighted by atomic mass is 9.95. The summed E-state index contributed by atoms with van der Waals surface area (Å²) in [6.07, 6.45) is 20.6. The van der Waals surface area contributed by atoms with E-state index in [1.54, 1.807) is 25.1 Å². The second-order valence-corrected chi connectivity index (χ2v) is 24.1. The van der Waals surface area contributed by atoms with Crippen LogP contribution in [0.2, 0.25) is 0 Å². The lowest BCUT2D eigenvalue weighted by Crippen LogP contribution is -2.51. The van der Waals surface area contributed by atoms with Crippen LogP contribution in [0.3, 0.4) is 0 Å². The number of hydrogen-bond donors (Lipinski definition) is 4. The molecule has 6 aliphatic rings. The van der Waals surface area contributed by atoms with Crippen molar-refractivity contribution in [2.75, 3.05) is 76.4 Å². The van der Waals surface area contributed by atoms with Crippen LogP contribution in [0.1, 0.15) is 67.2 Å². The third kappa shape index (κ3) is 10.2. The number of nitrogens with one attached hydrogen (secondary N) is 2. The van der Waals surface area contributed by atoms with Crippen molar-refractivity contribution in [2.24, 2.45) is 0 Å². The third-order valence-electron chi connectivity index (χ3n) is 18.4. The Kier molecular flexibility index (Phi) is 14.8. The Morgan fingerprint density at radius 2 is 1.06 bits per heavy atom. The fourth-order valence-corrected chi connectivity index (χ4v) is 14.1. The molecule has 4 bridgehead atoms. The summed E-state index contributed by atoms with van der Waals surface area (Å²) in [6.45, 7) is 7.40. The molecule has 4 aromatic heterocycles. The van der Waals surface area contributed by atoms with E-state index in [9.17, 15) is 27.8 Å². The molecule has 0 aliphatic carbocycles. The van der Waals surface area contributed by atoms with Gasteiger partial charge in [-0.2, -0.15) is 9.97 Å². The first-order chi connectivity index (χ1) is 41.3. The van der Waals surface area contributed by atoms with Crippen molar-refractivity contribution in [3.8, 4) is 70.5 Å². The van der Waals surface area contributed by atoms with Crippen LogP contribution in [0.5, 0.6) is 23.3 Å². The van der Waals surface area contributed by atoms with E-state index in [-0.39, 0.29) is 99.5 Å². The van der Waals surface area contributed by atoms with Crippen LogP contribution in [0, 0.1) is 61.8 Å². The molecule has 0 radical (unpaired) electrons. The van der Waals surface area contributed by atoms with Gasteiger partial charge in [-0.15, -0.1) is 12.8 Å². The highest BCUT2D eigenvalue weighted by atomic mass is 19.3. The summed E-state index contributed by atoms with van der Waals surface area (Å²) in [5.74, 6) is 0.842. The molecule has 444 valence electrons. The third-order valence-corrected chi connectivity index (χ3v) is 18.4. The predicted molar refractivity (Wildman–Crippen MR) is 320 cm³/mol. The van der Waals surface area contributed by atoms with Gasteiger partial charge in [0.25, 0.3) is 5.92 Å².